The monoisotopic (exact) mass is 480 g/mol. The van der Waals surface area contributed by atoms with Gasteiger partial charge in [0.05, 0.1) is 5.02 Å². The first-order valence-electron chi connectivity index (χ1n) is 8.84. The fraction of sp³-hybridized carbons (Fsp3) is 0.0909. The highest BCUT2D eigenvalue weighted by atomic mass is 35.5. The Morgan fingerprint density at radius 1 is 0.742 bits per heavy atom. The third kappa shape index (κ3) is 6.79. The van der Waals surface area contributed by atoms with E-state index in [0.717, 1.165) is 0 Å². The quantitative estimate of drug-likeness (QED) is 0.368. The molecular weight excluding hydrogens is 467 g/mol. The second-order valence-corrected chi connectivity index (χ2v) is 7.50. The standard InChI is InChI=1S/C22H15Cl3O6/c23-14-7-15(24)9-18(8-14)31-21-10-17(5-6-19(21)25)29-11-20(26)13-1-3-16(4-2-13)30-12-22(27)28/h1-10H,11-12H2,(H,27,28). The lowest BCUT2D eigenvalue weighted by Crippen LogP contribution is -2.12. The summed E-state index contributed by atoms with van der Waals surface area (Å²) < 4.78 is 16.3. The molecule has 0 atom stereocenters. The zero-order valence-electron chi connectivity index (χ0n) is 15.8. The Morgan fingerprint density at radius 3 is 2.00 bits per heavy atom. The highest BCUT2D eigenvalue weighted by molar-refractivity contribution is 6.35. The molecule has 0 radical (unpaired) electrons. The predicted molar refractivity (Wildman–Crippen MR) is 117 cm³/mol. The van der Waals surface area contributed by atoms with Crippen LogP contribution in [0.1, 0.15) is 10.4 Å². The number of hydrogen-bond donors (Lipinski definition) is 1. The lowest BCUT2D eigenvalue weighted by atomic mass is 10.1. The van der Waals surface area contributed by atoms with Crippen LogP contribution in [-0.2, 0) is 4.79 Å². The maximum atomic E-state index is 12.4. The number of carboxylic acid groups (broad SMARTS) is 1. The van der Waals surface area contributed by atoms with Crippen LogP contribution in [0.15, 0.2) is 60.7 Å². The van der Waals surface area contributed by atoms with E-state index < -0.39 is 12.6 Å². The fourth-order valence-corrected chi connectivity index (χ4v) is 3.14. The van der Waals surface area contributed by atoms with Crippen molar-refractivity contribution >= 4 is 46.6 Å². The molecule has 3 aromatic rings. The predicted octanol–water partition coefficient (Wildman–Crippen LogP) is 6.16. The van der Waals surface area contributed by atoms with E-state index in [0.29, 0.717) is 43.6 Å². The average Bonchev–Trinajstić information content (AvgIpc) is 2.72. The summed E-state index contributed by atoms with van der Waals surface area (Å²) in [5.74, 6) is 0.0765. The van der Waals surface area contributed by atoms with Crippen LogP contribution in [0.3, 0.4) is 0 Å². The number of ether oxygens (including phenoxy) is 3. The first-order chi connectivity index (χ1) is 14.8. The van der Waals surface area contributed by atoms with Crippen LogP contribution in [0.4, 0.5) is 0 Å². The Hall–Kier alpha value is -2.93. The molecule has 0 fully saturated rings. The summed E-state index contributed by atoms with van der Waals surface area (Å²) in [6.07, 6.45) is 0. The summed E-state index contributed by atoms with van der Waals surface area (Å²) in [4.78, 5) is 22.9. The number of ketones is 1. The van der Waals surface area contributed by atoms with Crippen molar-refractivity contribution in [2.24, 2.45) is 0 Å². The summed E-state index contributed by atoms with van der Waals surface area (Å²) in [6, 6.07) is 15.6. The minimum absolute atomic E-state index is 0.223. The lowest BCUT2D eigenvalue weighted by molar-refractivity contribution is -0.139. The van der Waals surface area contributed by atoms with E-state index in [1.807, 2.05) is 0 Å². The van der Waals surface area contributed by atoms with Gasteiger partial charge in [0.1, 0.15) is 23.0 Å². The maximum Gasteiger partial charge on any atom is 0.341 e. The van der Waals surface area contributed by atoms with Crippen molar-refractivity contribution in [2.45, 2.75) is 0 Å². The molecule has 0 aliphatic rings. The largest absolute Gasteiger partial charge is 0.485 e. The summed E-state index contributed by atoms with van der Waals surface area (Å²) in [5.41, 5.74) is 0.390. The molecule has 0 saturated carbocycles. The van der Waals surface area contributed by atoms with Gasteiger partial charge >= 0.3 is 5.97 Å². The zero-order chi connectivity index (χ0) is 22.4. The third-order valence-corrected chi connectivity index (χ3v) is 4.62. The maximum absolute atomic E-state index is 12.4. The Bertz CT molecular complexity index is 1080. The topological polar surface area (TPSA) is 82.1 Å². The molecule has 0 aromatic heterocycles. The second-order valence-electron chi connectivity index (χ2n) is 6.22. The van der Waals surface area contributed by atoms with Crippen molar-refractivity contribution < 1.29 is 28.9 Å². The summed E-state index contributed by atoms with van der Waals surface area (Å²) >= 11 is 18.1. The first-order valence-corrected chi connectivity index (χ1v) is 9.98. The molecule has 1 N–H and O–H groups in total. The van der Waals surface area contributed by atoms with Gasteiger partial charge in [0.25, 0.3) is 0 Å². The van der Waals surface area contributed by atoms with E-state index >= 15 is 0 Å². The zero-order valence-corrected chi connectivity index (χ0v) is 18.1. The molecular formula is C22H15Cl3O6. The van der Waals surface area contributed by atoms with Crippen LogP contribution in [0, 0.1) is 0 Å². The Labute approximate surface area is 192 Å². The van der Waals surface area contributed by atoms with Crippen molar-refractivity contribution in [2.75, 3.05) is 13.2 Å². The number of carbonyl (C=O) groups excluding carboxylic acids is 1. The average molecular weight is 482 g/mol. The smallest absolute Gasteiger partial charge is 0.341 e. The van der Waals surface area contributed by atoms with Gasteiger partial charge in [0, 0.05) is 21.7 Å². The van der Waals surface area contributed by atoms with Crippen molar-refractivity contribution in [3.8, 4) is 23.0 Å². The Balaban J connectivity index is 1.63. The first kappa shape index (κ1) is 22.7. The van der Waals surface area contributed by atoms with Gasteiger partial charge in [-0.25, -0.2) is 4.79 Å². The molecule has 3 rings (SSSR count). The van der Waals surface area contributed by atoms with Crippen LogP contribution in [0.25, 0.3) is 0 Å². The summed E-state index contributed by atoms with van der Waals surface area (Å²) in [7, 11) is 0. The molecule has 31 heavy (non-hydrogen) atoms. The minimum Gasteiger partial charge on any atom is -0.485 e. The molecule has 0 aliphatic heterocycles. The number of benzene rings is 3. The fourth-order valence-electron chi connectivity index (χ4n) is 2.48. The van der Waals surface area contributed by atoms with E-state index in [4.69, 9.17) is 54.1 Å². The van der Waals surface area contributed by atoms with Crippen LogP contribution in [0.5, 0.6) is 23.0 Å². The third-order valence-electron chi connectivity index (χ3n) is 3.88. The Morgan fingerprint density at radius 2 is 1.35 bits per heavy atom. The lowest BCUT2D eigenvalue weighted by Gasteiger charge is -2.11. The van der Waals surface area contributed by atoms with Crippen LogP contribution < -0.4 is 14.2 Å². The van der Waals surface area contributed by atoms with Gasteiger partial charge in [-0.1, -0.05) is 34.8 Å². The van der Waals surface area contributed by atoms with Gasteiger partial charge in [-0.2, -0.15) is 0 Å². The molecule has 0 aliphatic carbocycles. The van der Waals surface area contributed by atoms with Crippen LogP contribution in [-0.4, -0.2) is 30.1 Å². The van der Waals surface area contributed by atoms with Crippen molar-refractivity contribution in [3.63, 3.8) is 0 Å². The number of hydrogen-bond acceptors (Lipinski definition) is 5. The highest BCUT2D eigenvalue weighted by Crippen LogP contribution is 2.35. The van der Waals surface area contributed by atoms with Crippen LogP contribution in [0.2, 0.25) is 15.1 Å². The van der Waals surface area contributed by atoms with E-state index in [2.05, 4.69) is 0 Å². The van der Waals surface area contributed by atoms with Gasteiger partial charge in [-0.05, 0) is 54.6 Å². The molecule has 0 amide bonds. The number of rotatable bonds is 9. The van der Waals surface area contributed by atoms with Crippen molar-refractivity contribution in [1.82, 2.24) is 0 Å². The summed E-state index contributed by atoms with van der Waals surface area (Å²) in [6.45, 7) is -0.682. The number of halogens is 3. The van der Waals surface area contributed by atoms with E-state index in [1.165, 1.54) is 24.3 Å². The number of aliphatic carboxylic acids is 1. The molecule has 0 saturated heterocycles. The van der Waals surface area contributed by atoms with Gasteiger partial charge in [-0.3, -0.25) is 4.79 Å². The number of carbonyl (C=O) groups is 2. The van der Waals surface area contributed by atoms with Crippen LogP contribution >= 0.6 is 34.8 Å². The molecule has 160 valence electrons. The van der Waals surface area contributed by atoms with E-state index in [9.17, 15) is 9.59 Å². The summed E-state index contributed by atoms with van der Waals surface area (Å²) in [5, 5.41) is 9.78. The second kappa shape index (κ2) is 10.4. The SMILES string of the molecule is O=C(O)COc1ccc(C(=O)COc2ccc(Cl)c(Oc3cc(Cl)cc(Cl)c3)c2)cc1. The molecule has 0 heterocycles. The molecule has 0 bridgehead atoms. The Kier molecular flexibility index (Phi) is 7.63. The molecule has 3 aromatic carbocycles. The molecule has 0 unspecified atom stereocenters. The van der Waals surface area contributed by atoms with Crippen molar-refractivity contribution in [3.05, 3.63) is 81.3 Å². The molecule has 6 nitrogen and oxygen atoms in total. The normalized spacial score (nSPS) is 10.4. The van der Waals surface area contributed by atoms with E-state index in [1.54, 1.807) is 36.4 Å². The molecule has 9 heteroatoms. The van der Waals surface area contributed by atoms with Crippen molar-refractivity contribution in [1.29, 1.82) is 0 Å². The number of Topliss-reactive ketones (excluding diaryl/α,β-unsaturated/α-hetero) is 1. The van der Waals surface area contributed by atoms with Gasteiger partial charge in [0.15, 0.2) is 19.0 Å². The van der Waals surface area contributed by atoms with Gasteiger partial charge < -0.3 is 19.3 Å². The molecule has 0 spiro atoms. The van der Waals surface area contributed by atoms with Gasteiger partial charge in [0.2, 0.25) is 0 Å². The highest BCUT2D eigenvalue weighted by Gasteiger charge is 2.11. The van der Waals surface area contributed by atoms with Gasteiger partial charge in [-0.15, -0.1) is 0 Å². The number of carboxylic acids is 1. The minimum atomic E-state index is -1.08. The van der Waals surface area contributed by atoms with E-state index in [-0.39, 0.29) is 12.4 Å².